The highest BCUT2D eigenvalue weighted by Gasteiger charge is 2.44. The predicted octanol–water partition coefficient (Wildman–Crippen LogP) is 4.06. The summed E-state index contributed by atoms with van der Waals surface area (Å²) in [5.41, 5.74) is 2.91. The molecule has 3 aromatic carbocycles. The minimum absolute atomic E-state index is 0.0259. The first-order chi connectivity index (χ1) is 18.4. The minimum Gasteiger partial charge on any atom is -0.497 e. The highest BCUT2D eigenvalue weighted by molar-refractivity contribution is 7.92. The molecule has 0 aliphatic carbocycles. The topological polar surface area (TPSA) is 70.2 Å². The number of piperazine rings is 1. The molecule has 0 N–H and O–H groups in total. The van der Waals surface area contributed by atoms with Crippen LogP contribution in [-0.2, 0) is 14.8 Å². The van der Waals surface area contributed by atoms with Gasteiger partial charge in [-0.05, 0) is 41.5 Å². The van der Waals surface area contributed by atoms with Crippen LogP contribution in [0.15, 0.2) is 90.3 Å². The van der Waals surface area contributed by atoms with Gasteiger partial charge in [0.05, 0.1) is 13.0 Å². The van der Waals surface area contributed by atoms with Gasteiger partial charge in [-0.25, -0.2) is 8.42 Å². The number of sulfonamides is 1. The van der Waals surface area contributed by atoms with Crippen LogP contribution in [0.25, 0.3) is 6.08 Å². The second-order valence-electron chi connectivity index (χ2n) is 9.71. The first-order valence-corrected chi connectivity index (χ1v) is 14.4. The molecule has 2 aliphatic rings. The summed E-state index contributed by atoms with van der Waals surface area (Å²) in [6, 6.07) is 27.1. The van der Waals surface area contributed by atoms with E-state index in [4.69, 9.17) is 4.74 Å². The first kappa shape index (κ1) is 26.0. The largest absolute Gasteiger partial charge is 0.497 e. The van der Waals surface area contributed by atoms with E-state index in [0.29, 0.717) is 13.1 Å². The third-order valence-corrected chi connectivity index (χ3v) is 8.95. The number of methoxy groups -OCH3 is 1. The maximum atomic E-state index is 13.8. The Morgan fingerprint density at radius 3 is 2.11 bits per heavy atom. The van der Waals surface area contributed by atoms with Crippen molar-refractivity contribution in [2.75, 3.05) is 51.3 Å². The molecule has 0 spiro atoms. The second-order valence-corrected chi connectivity index (χ2v) is 11.5. The molecule has 0 unspecified atom stereocenters. The average molecular weight is 532 g/mol. The summed E-state index contributed by atoms with van der Waals surface area (Å²) in [5, 5.41) is 1.25. The maximum Gasteiger partial charge on any atom is 0.236 e. The summed E-state index contributed by atoms with van der Waals surface area (Å²) >= 11 is 0. The van der Waals surface area contributed by atoms with Gasteiger partial charge in [-0.1, -0.05) is 60.7 Å². The van der Waals surface area contributed by atoms with Crippen molar-refractivity contribution in [1.29, 1.82) is 0 Å². The smallest absolute Gasteiger partial charge is 0.236 e. The number of benzene rings is 3. The van der Waals surface area contributed by atoms with Gasteiger partial charge in [0.15, 0.2) is 0 Å². The molecule has 38 heavy (non-hydrogen) atoms. The SMILES string of the molecule is COc1ccc(N2CCN(C(=O)[C@@H]3CN(S(=O)(=O)C=Cc4ccccc4)C[C@H]3c3ccccc3)CC2)cc1. The molecule has 3 aromatic rings. The summed E-state index contributed by atoms with van der Waals surface area (Å²) in [7, 11) is -2.03. The molecule has 198 valence electrons. The third-order valence-electron chi connectivity index (χ3n) is 7.45. The lowest BCUT2D eigenvalue weighted by Crippen LogP contribution is -2.51. The number of hydrogen-bond acceptors (Lipinski definition) is 5. The lowest BCUT2D eigenvalue weighted by atomic mass is 9.88. The average Bonchev–Trinajstić information content (AvgIpc) is 3.44. The van der Waals surface area contributed by atoms with E-state index in [1.165, 1.54) is 9.71 Å². The molecule has 0 aromatic heterocycles. The van der Waals surface area contributed by atoms with Gasteiger partial charge in [-0.15, -0.1) is 0 Å². The number of nitrogens with zero attached hydrogens (tertiary/aromatic N) is 3. The van der Waals surface area contributed by atoms with Gasteiger partial charge in [-0.3, -0.25) is 4.79 Å². The van der Waals surface area contributed by atoms with Crippen molar-refractivity contribution in [3.05, 3.63) is 101 Å². The van der Waals surface area contributed by atoms with Crippen LogP contribution in [0.3, 0.4) is 0 Å². The fourth-order valence-corrected chi connectivity index (χ4v) is 6.53. The summed E-state index contributed by atoms with van der Waals surface area (Å²) in [4.78, 5) is 18.0. The fraction of sp³-hybridized carbons (Fsp3) is 0.300. The second kappa shape index (κ2) is 11.4. The molecule has 0 saturated carbocycles. The van der Waals surface area contributed by atoms with Crippen LogP contribution in [0.5, 0.6) is 5.75 Å². The lowest BCUT2D eigenvalue weighted by Gasteiger charge is -2.38. The Kier molecular flexibility index (Phi) is 7.81. The fourth-order valence-electron chi connectivity index (χ4n) is 5.29. The van der Waals surface area contributed by atoms with Crippen LogP contribution in [-0.4, -0.2) is 69.9 Å². The van der Waals surface area contributed by atoms with Gasteiger partial charge in [0.25, 0.3) is 0 Å². The van der Waals surface area contributed by atoms with E-state index in [1.54, 1.807) is 13.2 Å². The molecular weight excluding hydrogens is 498 g/mol. The zero-order chi connectivity index (χ0) is 26.5. The van der Waals surface area contributed by atoms with Gasteiger partial charge in [0.2, 0.25) is 15.9 Å². The van der Waals surface area contributed by atoms with E-state index in [1.807, 2.05) is 89.8 Å². The van der Waals surface area contributed by atoms with Crippen molar-refractivity contribution in [3.8, 4) is 5.75 Å². The van der Waals surface area contributed by atoms with Crippen molar-refractivity contribution >= 4 is 27.7 Å². The van der Waals surface area contributed by atoms with Crippen molar-refractivity contribution in [2.45, 2.75) is 5.92 Å². The van der Waals surface area contributed by atoms with Crippen LogP contribution in [0.4, 0.5) is 5.69 Å². The van der Waals surface area contributed by atoms with E-state index in [-0.39, 0.29) is 24.9 Å². The van der Waals surface area contributed by atoms with Gasteiger partial charge < -0.3 is 14.5 Å². The summed E-state index contributed by atoms with van der Waals surface area (Å²) in [5.74, 6) is 0.222. The molecule has 2 heterocycles. The Bertz CT molecular complexity index is 1350. The van der Waals surface area contributed by atoms with Crippen molar-refractivity contribution in [1.82, 2.24) is 9.21 Å². The zero-order valence-electron chi connectivity index (χ0n) is 21.5. The van der Waals surface area contributed by atoms with Crippen molar-refractivity contribution in [3.63, 3.8) is 0 Å². The van der Waals surface area contributed by atoms with Crippen LogP contribution in [0.1, 0.15) is 17.0 Å². The molecule has 0 radical (unpaired) electrons. The summed E-state index contributed by atoms with van der Waals surface area (Å²) in [6.45, 7) is 3.12. The molecule has 0 bridgehead atoms. The molecule has 2 atom stereocenters. The molecule has 1 amide bonds. The van der Waals surface area contributed by atoms with Crippen molar-refractivity contribution < 1.29 is 17.9 Å². The summed E-state index contributed by atoms with van der Waals surface area (Å²) in [6.07, 6.45) is 1.61. The van der Waals surface area contributed by atoms with Gasteiger partial charge in [0.1, 0.15) is 5.75 Å². The van der Waals surface area contributed by atoms with E-state index in [2.05, 4.69) is 4.90 Å². The Balaban J connectivity index is 1.30. The molecular formula is C30H33N3O4S. The Morgan fingerprint density at radius 1 is 0.842 bits per heavy atom. The quantitative estimate of drug-likeness (QED) is 0.460. The summed E-state index contributed by atoms with van der Waals surface area (Å²) < 4.78 is 33.3. The molecule has 2 aliphatic heterocycles. The number of hydrogen-bond donors (Lipinski definition) is 0. The number of amides is 1. The maximum absolute atomic E-state index is 13.8. The van der Waals surface area contributed by atoms with Crippen LogP contribution in [0.2, 0.25) is 0 Å². The van der Waals surface area contributed by atoms with E-state index in [9.17, 15) is 13.2 Å². The van der Waals surface area contributed by atoms with Crippen LogP contribution >= 0.6 is 0 Å². The lowest BCUT2D eigenvalue weighted by molar-refractivity contribution is -0.135. The normalized spacial score (nSPS) is 20.7. The number of carbonyl (C=O) groups is 1. The number of carbonyl (C=O) groups excluding carboxylic acids is 1. The van der Waals surface area contributed by atoms with E-state index in [0.717, 1.165) is 35.7 Å². The predicted molar refractivity (Wildman–Crippen MR) is 150 cm³/mol. The monoisotopic (exact) mass is 531 g/mol. The Labute approximate surface area is 225 Å². The highest BCUT2D eigenvalue weighted by Crippen LogP contribution is 2.36. The molecule has 5 rings (SSSR count). The highest BCUT2D eigenvalue weighted by atomic mass is 32.2. The van der Waals surface area contributed by atoms with Crippen molar-refractivity contribution in [2.24, 2.45) is 5.92 Å². The molecule has 2 fully saturated rings. The standard InChI is InChI=1S/C30H33N3O4S/c1-37-27-14-12-26(13-15-27)31-17-19-32(20-18-31)30(34)29-23-33(22-28(29)25-10-6-3-7-11-25)38(35,36)21-16-24-8-4-2-5-9-24/h2-16,21,28-29H,17-20,22-23H2,1H3/t28-,29+/m0/s1. The van der Waals surface area contributed by atoms with Crippen LogP contribution in [0, 0.1) is 5.92 Å². The Morgan fingerprint density at radius 2 is 1.47 bits per heavy atom. The van der Waals surface area contributed by atoms with Crippen LogP contribution < -0.4 is 9.64 Å². The van der Waals surface area contributed by atoms with Gasteiger partial charge in [0, 0.05) is 56.3 Å². The number of anilines is 1. The number of rotatable bonds is 7. The van der Waals surface area contributed by atoms with E-state index >= 15 is 0 Å². The van der Waals surface area contributed by atoms with E-state index < -0.39 is 15.9 Å². The number of ether oxygens (including phenoxy) is 1. The third kappa shape index (κ3) is 5.76. The minimum atomic E-state index is -3.68. The molecule has 8 heteroatoms. The van der Waals surface area contributed by atoms with Gasteiger partial charge in [-0.2, -0.15) is 4.31 Å². The zero-order valence-corrected chi connectivity index (χ0v) is 22.3. The Hall–Kier alpha value is -3.62. The first-order valence-electron chi connectivity index (χ1n) is 12.9. The molecule has 2 saturated heterocycles. The molecule has 7 nitrogen and oxygen atoms in total. The van der Waals surface area contributed by atoms with Gasteiger partial charge >= 0.3 is 0 Å².